The molecule has 0 amide bonds. The zero-order valence-corrected chi connectivity index (χ0v) is 90.1. The molecule has 5 heterocycles. The monoisotopic (exact) mass is 1870 g/mol. The molecule has 0 aliphatic carbocycles. The van der Waals surface area contributed by atoms with Crippen LogP contribution < -0.4 is 22.8 Å². The molecule has 143 heavy (non-hydrogen) atoms. The Morgan fingerprint density at radius 1 is 0.133 bits per heavy atom. The van der Waals surface area contributed by atoms with Gasteiger partial charge in [-0.05, 0) is 408 Å². The molecule has 0 saturated carbocycles. The molecule has 19 rings (SSSR count). The second-order valence-electron chi connectivity index (χ2n) is 40.2. The molecule has 0 atom stereocenters. The standard InChI is InChI=1S/2C30H32N.C29H30N.C28H28N.C21H22N/c1-19-11-8-9-14-25(19)30-22(4)15-16-26(24(30)6)28-17-27(23(5)18-31(28)7)29-20(2)12-10-13-21(29)3;1-19-12-14-25(22(4)16-19)28-17-29(31(7)18-23(28)5)27-15-13-21(3)30(24(27)6)26-11-9-8-10-20(26)2;1-19-11-7-9-13-24(19)27-17-28(30(6)18-22(27)4)26-16-15-21(3)29(23(26)5)25-14-10-8-12-20(25)2;1-19-11-9-10-14-24(19)28-20(2)15-16-25(22(28)4)27-17-26(21(3)18-29(27)5)23-12-7-6-8-13-23;1-15-9-7-10-16(2)21(15)19-12-8-11-18(17(19)3)20-13-5-6-14-22(20)4/h2*8-18H,1-7H3;7-18H,1-6H3;6-18H,1-5H3;5-14H,1-4H3/q5*+1. The van der Waals surface area contributed by atoms with Crippen molar-refractivity contribution < 1.29 is 22.8 Å². The van der Waals surface area contributed by atoms with Gasteiger partial charge in [-0.15, -0.1) is 0 Å². The van der Waals surface area contributed by atoms with Gasteiger partial charge in [-0.2, -0.15) is 0 Å². The summed E-state index contributed by atoms with van der Waals surface area (Å²) in [6.07, 6.45) is 11.1. The van der Waals surface area contributed by atoms with E-state index < -0.39 is 0 Å². The summed E-state index contributed by atoms with van der Waals surface area (Å²) in [5, 5.41) is 0. The van der Waals surface area contributed by atoms with Gasteiger partial charge in [0.1, 0.15) is 35.2 Å². The van der Waals surface area contributed by atoms with Crippen molar-refractivity contribution in [2.24, 2.45) is 35.2 Å². The normalized spacial score (nSPS) is 11.0. The van der Waals surface area contributed by atoms with Gasteiger partial charge in [-0.25, -0.2) is 22.8 Å². The first-order valence-electron chi connectivity index (χ1n) is 50.6. The van der Waals surface area contributed by atoms with Gasteiger partial charge < -0.3 is 0 Å². The molecule has 5 nitrogen and oxygen atoms in total. The largest absolute Gasteiger partial charge is 0.213 e. The van der Waals surface area contributed by atoms with Gasteiger partial charge in [0.2, 0.25) is 28.5 Å². The van der Waals surface area contributed by atoms with E-state index in [2.05, 4.69) is 571 Å². The number of rotatable bonds is 14. The van der Waals surface area contributed by atoms with Crippen LogP contribution in [0.25, 0.3) is 156 Å². The zero-order valence-electron chi connectivity index (χ0n) is 90.1. The van der Waals surface area contributed by atoms with E-state index in [0.29, 0.717) is 0 Å². The van der Waals surface area contributed by atoms with Crippen LogP contribution in [0.5, 0.6) is 0 Å². The van der Waals surface area contributed by atoms with Gasteiger partial charge in [0, 0.05) is 86.5 Å². The van der Waals surface area contributed by atoms with E-state index in [0.717, 1.165) is 0 Å². The molecular formula is C138H144N5+5. The van der Waals surface area contributed by atoms with Gasteiger partial charge in [-0.1, -0.05) is 248 Å². The Hall–Kier alpha value is -15.2. The van der Waals surface area contributed by atoms with Crippen molar-refractivity contribution in [1.29, 1.82) is 0 Å². The summed E-state index contributed by atoms with van der Waals surface area (Å²) in [5.41, 5.74) is 68.1. The van der Waals surface area contributed by atoms with Gasteiger partial charge in [0.05, 0.1) is 0 Å². The molecule has 0 bridgehead atoms. The van der Waals surface area contributed by atoms with E-state index in [-0.39, 0.29) is 0 Å². The van der Waals surface area contributed by atoms with E-state index in [1.165, 1.54) is 290 Å². The molecule has 0 aliphatic rings. The Bertz CT molecular complexity index is 7990. The number of hydrogen-bond donors (Lipinski definition) is 0. The number of pyridine rings is 5. The molecule has 14 aromatic carbocycles. The van der Waals surface area contributed by atoms with Crippen LogP contribution in [-0.4, -0.2) is 0 Å². The van der Waals surface area contributed by atoms with Crippen molar-refractivity contribution in [2.45, 2.75) is 166 Å². The maximum Gasteiger partial charge on any atom is 0.213 e. The summed E-state index contributed by atoms with van der Waals surface area (Å²) >= 11 is 0. The molecule has 0 radical (unpaired) electrons. The highest BCUT2D eigenvalue weighted by molar-refractivity contribution is 5.89. The smallest absolute Gasteiger partial charge is 0.201 e. The number of aryl methyl sites for hydroxylation is 24. The molecule has 0 fully saturated rings. The first kappa shape index (κ1) is 102. The predicted octanol–water partition coefficient (Wildman–Crippen LogP) is 33.3. The summed E-state index contributed by atoms with van der Waals surface area (Å²) < 4.78 is 11.2. The maximum atomic E-state index is 2.38. The molecule has 716 valence electrons. The van der Waals surface area contributed by atoms with Crippen molar-refractivity contribution in [3.8, 4) is 156 Å². The second-order valence-corrected chi connectivity index (χ2v) is 40.2. The predicted molar refractivity (Wildman–Crippen MR) is 608 cm³/mol. The van der Waals surface area contributed by atoms with E-state index in [1.807, 2.05) is 0 Å². The fourth-order valence-electron chi connectivity index (χ4n) is 22.0. The van der Waals surface area contributed by atoms with Crippen LogP contribution in [0.4, 0.5) is 0 Å². The Labute approximate surface area is 854 Å². The van der Waals surface area contributed by atoms with E-state index in [9.17, 15) is 0 Å². The highest BCUT2D eigenvalue weighted by Crippen LogP contribution is 2.45. The lowest BCUT2D eigenvalue weighted by Gasteiger charge is -2.17. The minimum atomic E-state index is 1.24. The van der Waals surface area contributed by atoms with E-state index >= 15 is 0 Å². The average molecular weight is 1870 g/mol. The highest BCUT2D eigenvalue weighted by Gasteiger charge is 2.28. The summed E-state index contributed by atoms with van der Waals surface area (Å²) in [6.45, 7) is 53.1. The SMILES string of the molecule is Cc1c[n+](C)c(-c2ccc(C)c(-c3ccccc3C)c2C)cc1-c1c(C)cccc1C.Cc1c[n+](C)c(-c2ccc(C)c(-c3ccccc3C)c2C)cc1-c1ccccc1.Cc1ccc(-c2cc(-c3ccc(C)c(-c4ccccc4C)c3C)[n+](C)cc2C)c(C)c1.Cc1cccc(C)c1-c1cccc(-c2cccc[n+]2C)c1C.Cc1ccccc1-c1cc(-c2ccc(C)c(-c3ccccc3C)c2C)[n+](C)cc1C. The quantitative estimate of drug-likeness (QED) is 0.0967. The van der Waals surface area contributed by atoms with Crippen LogP contribution in [0.1, 0.15) is 134 Å². The zero-order chi connectivity index (χ0) is 102. The van der Waals surface area contributed by atoms with Gasteiger partial charge in [-0.3, -0.25) is 0 Å². The first-order valence-corrected chi connectivity index (χ1v) is 50.6. The third-order valence-electron chi connectivity index (χ3n) is 29.7. The summed E-state index contributed by atoms with van der Waals surface area (Å²) in [6, 6.07) is 114. The number of nitrogens with zero attached hydrogens (tertiary/aromatic N) is 5. The minimum Gasteiger partial charge on any atom is -0.201 e. The van der Waals surface area contributed by atoms with Crippen LogP contribution in [-0.2, 0) is 35.2 Å². The summed E-state index contributed by atoms with van der Waals surface area (Å²) in [5.74, 6) is 0. The van der Waals surface area contributed by atoms with Crippen molar-refractivity contribution in [1.82, 2.24) is 0 Å². The maximum absolute atomic E-state index is 2.38. The summed E-state index contributed by atoms with van der Waals surface area (Å²) in [7, 11) is 10.7. The van der Waals surface area contributed by atoms with Crippen LogP contribution in [0.3, 0.4) is 0 Å². The van der Waals surface area contributed by atoms with Crippen LogP contribution in [0, 0.1) is 166 Å². The molecule has 5 aromatic heterocycles. The highest BCUT2D eigenvalue weighted by atomic mass is 14.9. The lowest BCUT2D eigenvalue weighted by atomic mass is 9.87. The third-order valence-corrected chi connectivity index (χ3v) is 29.7. The number of benzene rings is 14. The molecule has 0 unspecified atom stereocenters. The molecular weight excluding hydrogens is 1730 g/mol. The van der Waals surface area contributed by atoms with Crippen LogP contribution in [0.2, 0.25) is 0 Å². The molecule has 0 saturated heterocycles. The fraction of sp³-hybridized carbons (Fsp3) is 0.210. The van der Waals surface area contributed by atoms with E-state index in [1.54, 1.807) is 0 Å². The summed E-state index contributed by atoms with van der Waals surface area (Å²) in [4.78, 5) is 0. The Morgan fingerprint density at radius 2 is 0.385 bits per heavy atom. The number of aromatic nitrogens is 5. The molecule has 0 aliphatic heterocycles. The van der Waals surface area contributed by atoms with E-state index in [4.69, 9.17) is 0 Å². The number of hydrogen-bond acceptors (Lipinski definition) is 0. The molecule has 19 aromatic rings. The van der Waals surface area contributed by atoms with Crippen molar-refractivity contribution >= 4 is 0 Å². The minimum absolute atomic E-state index is 1.24. The van der Waals surface area contributed by atoms with Gasteiger partial charge in [0.15, 0.2) is 31.0 Å². The lowest BCUT2D eigenvalue weighted by Crippen LogP contribution is -2.31. The molecule has 5 heteroatoms. The average Bonchev–Trinajstić information content (AvgIpc) is 0.743. The van der Waals surface area contributed by atoms with Crippen LogP contribution in [0.15, 0.2) is 346 Å². The Morgan fingerprint density at radius 3 is 0.734 bits per heavy atom. The topological polar surface area (TPSA) is 19.4 Å². The van der Waals surface area contributed by atoms with Crippen LogP contribution >= 0.6 is 0 Å². The molecule has 0 N–H and O–H groups in total. The van der Waals surface area contributed by atoms with Gasteiger partial charge in [0.25, 0.3) is 0 Å². The third kappa shape index (κ3) is 21.7. The first-order chi connectivity index (χ1) is 68.5. The van der Waals surface area contributed by atoms with Gasteiger partial charge >= 0.3 is 0 Å². The van der Waals surface area contributed by atoms with Crippen molar-refractivity contribution in [2.75, 3.05) is 0 Å². The fourth-order valence-corrected chi connectivity index (χ4v) is 22.0. The van der Waals surface area contributed by atoms with Crippen molar-refractivity contribution in [3.05, 3.63) is 480 Å². The Kier molecular flexibility index (Phi) is 31.7. The second kappa shape index (κ2) is 44.3. The molecule has 0 spiro atoms. The Balaban J connectivity index is 0.000000135. The lowest BCUT2D eigenvalue weighted by molar-refractivity contribution is -0.660. The van der Waals surface area contributed by atoms with Crippen molar-refractivity contribution in [3.63, 3.8) is 0 Å².